The summed E-state index contributed by atoms with van der Waals surface area (Å²) in [7, 11) is 0. The van der Waals surface area contributed by atoms with Crippen LogP contribution in [0, 0.1) is 10.8 Å². The van der Waals surface area contributed by atoms with E-state index >= 15 is 0 Å². The van der Waals surface area contributed by atoms with Crippen molar-refractivity contribution in [1.82, 2.24) is 0 Å². The largest absolute Gasteiger partial charge is 0.381 e. The number of carbonyl (C=O) groups excluding carboxylic acids is 4. The molecule has 0 unspecified atom stereocenters. The van der Waals surface area contributed by atoms with Crippen LogP contribution in [0.15, 0.2) is 0 Å². The first-order valence-corrected chi connectivity index (χ1v) is 7.35. The van der Waals surface area contributed by atoms with Crippen molar-refractivity contribution in [2.24, 2.45) is 10.8 Å². The summed E-state index contributed by atoms with van der Waals surface area (Å²) in [4.78, 5) is 48.4. The van der Waals surface area contributed by atoms with E-state index < -0.39 is 34.0 Å². The molecule has 0 N–H and O–H groups in total. The maximum atomic E-state index is 12.2. The number of hydrogen-bond donors (Lipinski definition) is 0. The monoisotopic (exact) mass is 296 g/mol. The maximum absolute atomic E-state index is 12.2. The molecule has 0 amide bonds. The van der Waals surface area contributed by atoms with Gasteiger partial charge in [0.1, 0.15) is 0 Å². The van der Waals surface area contributed by atoms with Crippen molar-refractivity contribution in [3.8, 4) is 0 Å². The molecule has 21 heavy (non-hydrogen) atoms. The molecule has 0 spiro atoms. The number of ketones is 4. The highest BCUT2D eigenvalue weighted by atomic mass is 16.5. The molecule has 1 saturated heterocycles. The summed E-state index contributed by atoms with van der Waals surface area (Å²) in [5.74, 6) is -3.93. The van der Waals surface area contributed by atoms with Crippen LogP contribution in [0.5, 0.6) is 0 Å². The van der Waals surface area contributed by atoms with E-state index in [1.54, 1.807) is 27.7 Å². The van der Waals surface area contributed by atoms with Crippen molar-refractivity contribution >= 4 is 23.1 Å². The van der Waals surface area contributed by atoms with Crippen LogP contribution in [0.25, 0.3) is 0 Å². The molecule has 0 atom stereocenters. The lowest BCUT2D eigenvalue weighted by atomic mass is 9.77. The van der Waals surface area contributed by atoms with Gasteiger partial charge in [-0.1, -0.05) is 27.7 Å². The molecule has 0 aromatic heterocycles. The third-order valence-electron chi connectivity index (χ3n) is 4.03. The van der Waals surface area contributed by atoms with E-state index in [4.69, 9.17) is 4.74 Å². The molecule has 1 fully saturated rings. The first kappa shape index (κ1) is 17.7. The maximum Gasteiger partial charge on any atom is 0.272 e. The lowest BCUT2D eigenvalue weighted by Crippen LogP contribution is -2.43. The Morgan fingerprint density at radius 1 is 0.714 bits per heavy atom. The first-order valence-electron chi connectivity index (χ1n) is 7.35. The zero-order chi connectivity index (χ0) is 16.3. The summed E-state index contributed by atoms with van der Waals surface area (Å²) < 4.78 is 5.47. The van der Waals surface area contributed by atoms with Crippen molar-refractivity contribution in [2.75, 3.05) is 13.2 Å². The predicted molar refractivity (Wildman–Crippen MR) is 76.9 cm³/mol. The van der Waals surface area contributed by atoms with Crippen molar-refractivity contribution in [2.45, 2.75) is 53.4 Å². The Labute approximate surface area is 125 Å². The van der Waals surface area contributed by atoms with Gasteiger partial charge in [-0.15, -0.1) is 0 Å². The predicted octanol–water partition coefficient (Wildman–Crippen LogP) is 1.91. The minimum atomic E-state index is -1.18. The lowest BCUT2D eigenvalue weighted by molar-refractivity contribution is -0.153. The smallest absolute Gasteiger partial charge is 0.272 e. The second-order valence-electron chi connectivity index (χ2n) is 6.90. The number of rotatable bonds is 0. The molecule has 1 rings (SSSR count). The molecule has 0 radical (unpaired) electrons. The zero-order valence-electron chi connectivity index (χ0n) is 13.3. The normalized spacial score (nSPS) is 25.0. The molecule has 0 saturated carbocycles. The van der Waals surface area contributed by atoms with Gasteiger partial charge >= 0.3 is 0 Å². The molecule has 1 aliphatic heterocycles. The van der Waals surface area contributed by atoms with Crippen LogP contribution in [0.3, 0.4) is 0 Å². The average molecular weight is 296 g/mol. The summed E-state index contributed by atoms with van der Waals surface area (Å²) in [6.07, 6.45) is 2.17. The fraction of sp³-hybridized carbons (Fsp3) is 0.750. The van der Waals surface area contributed by atoms with Crippen LogP contribution in [0.4, 0.5) is 0 Å². The molecule has 0 aromatic rings. The Morgan fingerprint density at radius 3 is 1.38 bits per heavy atom. The molecule has 0 aliphatic carbocycles. The number of ether oxygens (including phenoxy) is 1. The van der Waals surface area contributed by atoms with Gasteiger partial charge in [0.25, 0.3) is 11.6 Å². The number of hydrogen-bond acceptors (Lipinski definition) is 5. The SMILES string of the molecule is CC1(C)CCCOCCCC(C)(C)C(=O)C(=O)C(=O)C1=O. The van der Waals surface area contributed by atoms with E-state index in [0.717, 1.165) is 0 Å². The van der Waals surface area contributed by atoms with Crippen LogP contribution in [0.1, 0.15) is 53.4 Å². The highest BCUT2D eigenvalue weighted by molar-refractivity contribution is 6.79. The molecule has 5 heteroatoms. The molecule has 1 aliphatic rings. The third-order valence-corrected chi connectivity index (χ3v) is 4.03. The molecule has 118 valence electrons. The molecule has 0 aromatic carbocycles. The van der Waals surface area contributed by atoms with E-state index in [1.807, 2.05) is 0 Å². The minimum Gasteiger partial charge on any atom is -0.381 e. The van der Waals surface area contributed by atoms with Crippen molar-refractivity contribution < 1.29 is 23.9 Å². The van der Waals surface area contributed by atoms with Crippen molar-refractivity contribution in [3.05, 3.63) is 0 Å². The fourth-order valence-corrected chi connectivity index (χ4v) is 2.38. The van der Waals surface area contributed by atoms with Crippen LogP contribution < -0.4 is 0 Å². The van der Waals surface area contributed by atoms with Crippen molar-refractivity contribution in [1.29, 1.82) is 0 Å². The second kappa shape index (κ2) is 6.60. The molecule has 0 bridgehead atoms. The quantitative estimate of drug-likeness (QED) is 0.638. The number of carbonyl (C=O) groups is 4. The summed E-state index contributed by atoms with van der Waals surface area (Å²) in [5.41, 5.74) is -1.90. The van der Waals surface area contributed by atoms with Crippen molar-refractivity contribution in [3.63, 3.8) is 0 Å². The Kier molecular flexibility index (Phi) is 5.56. The Balaban J connectivity index is 3.04. The molecule has 5 nitrogen and oxygen atoms in total. The van der Waals surface area contributed by atoms with Gasteiger partial charge in [0.05, 0.1) is 0 Å². The van der Waals surface area contributed by atoms with Gasteiger partial charge in [0.2, 0.25) is 11.6 Å². The third kappa shape index (κ3) is 4.30. The summed E-state index contributed by atoms with van der Waals surface area (Å²) in [5, 5.41) is 0. The van der Waals surface area contributed by atoms with Gasteiger partial charge < -0.3 is 4.74 Å². The van der Waals surface area contributed by atoms with Gasteiger partial charge in [0, 0.05) is 24.0 Å². The highest BCUT2D eigenvalue weighted by Gasteiger charge is 2.42. The van der Waals surface area contributed by atoms with E-state index in [-0.39, 0.29) is 0 Å². The minimum absolute atomic E-state index is 0.447. The summed E-state index contributed by atoms with van der Waals surface area (Å²) in [6, 6.07) is 0. The fourth-order valence-electron chi connectivity index (χ4n) is 2.38. The summed E-state index contributed by atoms with van der Waals surface area (Å²) in [6.45, 7) is 7.50. The first-order chi connectivity index (χ1) is 9.59. The zero-order valence-corrected chi connectivity index (χ0v) is 13.3. The van der Waals surface area contributed by atoms with Crippen LogP contribution in [-0.4, -0.2) is 36.3 Å². The van der Waals surface area contributed by atoms with Gasteiger partial charge in [-0.05, 0) is 25.7 Å². The Bertz CT molecular complexity index is 417. The van der Waals surface area contributed by atoms with Crippen LogP contribution in [0.2, 0.25) is 0 Å². The van der Waals surface area contributed by atoms with Gasteiger partial charge in [-0.2, -0.15) is 0 Å². The Hall–Kier alpha value is -1.36. The van der Waals surface area contributed by atoms with E-state index in [1.165, 1.54) is 0 Å². The van der Waals surface area contributed by atoms with E-state index in [9.17, 15) is 19.2 Å². The van der Waals surface area contributed by atoms with Gasteiger partial charge in [-0.3, -0.25) is 19.2 Å². The standard InChI is InChI=1S/C16H24O5/c1-15(2)7-5-9-21-10-6-8-16(3,4)14(20)12(18)11(17)13(15)19/h5-10H2,1-4H3. The molecule has 1 heterocycles. The van der Waals surface area contributed by atoms with Gasteiger partial charge in [-0.25, -0.2) is 0 Å². The van der Waals surface area contributed by atoms with E-state index in [0.29, 0.717) is 38.9 Å². The average Bonchev–Trinajstić information content (AvgIpc) is 2.42. The highest BCUT2D eigenvalue weighted by Crippen LogP contribution is 2.28. The molecular weight excluding hydrogens is 272 g/mol. The topological polar surface area (TPSA) is 77.5 Å². The summed E-state index contributed by atoms with van der Waals surface area (Å²) >= 11 is 0. The lowest BCUT2D eigenvalue weighted by Gasteiger charge is -2.23. The second-order valence-corrected chi connectivity index (χ2v) is 6.90. The van der Waals surface area contributed by atoms with Gasteiger partial charge in [0.15, 0.2) is 0 Å². The number of Topliss-reactive ketones (excluding diaryl/α,β-unsaturated/α-hetero) is 4. The van der Waals surface area contributed by atoms with E-state index in [2.05, 4.69) is 0 Å². The Morgan fingerprint density at radius 2 is 1.05 bits per heavy atom. The van der Waals surface area contributed by atoms with Crippen LogP contribution >= 0.6 is 0 Å². The van der Waals surface area contributed by atoms with Crippen LogP contribution in [-0.2, 0) is 23.9 Å². The molecular formula is C16H24O5.